The second-order valence-corrected chi connectivity index (χ2v) is 6.94. The van der Waals surface area contributed by atoms with Gasteiger partial charge in [-0.05, 0) is 25.1 Å². The van der Waals surface area contributed by atoms with Gasteiger partial charge in [-0.1, -0.05) is 11.8 Å². The Morgan fingerprint density at radius 1 is 1.30 bits per heavy atom. The van der Waals surface area contributed by atoms with Gasteiger partial charge in [0.05, 0.1) is 11.7 Å². The van der Waals surface area contributed by atoms with Crippen molar-refractivity contribution in [2.45, 2.75) is 12.5 Å². The lowest BCUT2D eigenvalue weighted by atomic mass is 10.0. The predicted octanol–water partition coefficient (Wildman–Crippen LogP) is 3.06. The van der Waals surface area contributed by atoms with Gasteiger partial charge in [0.15, 0.2) is 5.60 Å². The van der Waals surface area contributed by atoms with E-state index in [1.807, 2.05) is 0 Å². The normalized spacial score (nSPS) is 13.1. The Hall–Kier alpha value is -3.28. The number of anilines is 1. The van der Waals surface area contributed by atoms with Gasteiger partial charge >= 0.3 is 0 Å². The molecule has 6 nitrogen and oxygen atoms in total. The summed E-state index contributed by atoms with van der Waals surface area (Å²) in [4.78, 5) is 15.2. The fourth-order valence-electron chi connectivity index (χ4n) is 2.65. The van der Waals surface area contributed by atoms with E-state index in [2.05, 4.69) is 31.8 Å². The molecule has 0 amide bonds. The maximum absolute atomic E-state index is 14.5. The van der Waals surface area contributed by atoms with Crippen LogP contribution in [0.25, 0.3) is 22.2 Å². The number of hydrogen-bond acceptors (Lipinski definition) is 6. The van der Waals surface area contributed by atoms with Crippen molar-refractivity contribution >= 4 is 28.3 Å². The standard InChI is InChI=1S/C19H14FN5OS/c1-19(26,17-22-6-7-27-17)5-4-11-2-3-14(20)12(8-11)13-9-23-15-10-24-18(21)25-16(13)15/h2-3,6-10,23,26H,1H3,(H2,21,24,25). The van der Waals surface area contributed by atoms with Gasteiger partial charge in [-0.15, -0.1) is 11.3 Å². The molecule has 0 aliphatic rings. The van der Waals surface area contributed by atoms with Crippen LogP contribution in [0.3, 0.4) is 0 Å². The zero-order valence-electron chi connectivity index (χ0n) is 14.2. The van der Waals surface area contributed by atoms with Crippen LogP contribution in [0, 0.1) is 17.7 Å². The summed E-state index contributed by atoms with van der Waals surface area (Å²) < 4.78 is 14.5. The predicted molar refractivity (Wildman–Crippen MR) is 102 cm³/mol. The Balaban J connectivity index is 1.77. The molecule has 0 saturated carbocycles. The summed E-state index contributed by atoms with van der Waals surface area (Å²) in [6.07, 6.45) is 4.81. The summed E-state index contributed by atoms with van der Waals surface area (Å²) in [6, 6.07) is 4.50. The molecular weight excluding hydrogens is 365 g/mol. The lowest BCUT2D eigenvalue weighted by molar-refractivity contribution is 0.122. The van der Waals surface area contributed by atoms with E-state index >= 15 is 0 Å². The van der Waals surface area contributed by atoms with Crippen LogP contribution in [-0.2, 0) is 5.60 Å². The lowest BCUT2D eigenvalue weighted by Crippen LogP contribution is -2.17. The van der Waals surface area contributed by atoms with E-state index in [1.165, 1.54) is 17.4 Å². The van der Waals surface area contributed by atoms with Crippen LogP contribution in [0.4, 0.5) is 10.3 Å². The Kier molecular flexibility index (Phi) is 4.11. The molecule has 0 spiro atoms. The molecule has 0 saturated heterocycles. The zero-order valence-corrected chi connectivity index (χ0v) is 15.0. The summed E-state index contributed by atoms with van der Waals surface area (Å²) >= 11 is 1.32. The van der Waals surface area contributed by atoms with Crippen molar-refractivity contribution in [2.75, 3.05) is 5.73 Å². The Labute approximate surface area is 157 Å². The molecule has 0 bridgehead atoms. The molecule has 1 unspecified atom stereocenters. The molecule has 4 rings (SSSR count). The number of nitrogens with one attached hydrogen (secondary N) is 1. The third-order valence-electron chi connectivity index (χ3n) is 3.99. The summed E-state index contributed by atoms with van der Waals surface area (Å²) in [7, 11) is 0. The highest BCUT2D eigenvalue weighted by Gasteiger charge is 2.23. The minimum absolute atomic E-state index is 0.110. The van der Waals surface area contributed by atoms with Gasteiger partial charge in [-0.25, -0.2) is 19.3 Å². The SMILES string of the molecule is CC(O)(C#Cc1ccc(F)c(-c2c[nH]c3cnc(N)nc23)c1)c1nccs1. The van der Waals surface area contributed by atoms with Crippen molar-refractivity contribution in [3.8, 4) is 23.0 Å². The maximum atomic E-state index is 14.5. The second kappa shape index (κ2) is 6.46. The zero-order chi connectivity index (χ0) is 19.0. The number of halogens is 1. The number of nitrogens with zero attached hydrogens (tertiary/aromatic N) is 3. The van der Waals surface area contributed by atoms with Crippen molar-refractivity contribution in [1.29, 1.82) is 0 Å². The molecule has 3 aromatic heterocycles. The lowest BCUT2D eigenvalue weighted by Gasteiger charge is -2.12. The van der Waals surface area contributed by atoms with Crippen molar-refractivity contribution in [3.63, 3.8) is 0 Å². The Morgan fingerprint density at radius 3 is 2.93 bits per heavy atom. The van der Waals surface area contributed by atoms with E-state index in [4.69, 9.17) is 5.73 Å². The number of aromatic amines is 1. The summed E-state index contributed by atoms with van der Waals surface area (Å²) in [5.74, 6) is 5.39. The van der Waals surface area contributed by atoms with Crippen LogP contribution in [-0.4, -0.2) is 25.0 Å². The fraction of sp³-hybridized carbons (Fsp3) is 0.105. The second-order valence-electron chi connectivity index (χ2n) is 6.05. The topological polar surface area (TPSA) is 101 Å². The number of benzene rings is 1. The number of rotatable bonds is 2. The first-order chi connectivity index (χ1) is 12.9. The minimum atomic E-state index is -1.38. The fourth-order valence-corrected chi connectivity index (χ4v) is 3.30. The summed E-state index contributed by atoms with van der Waals surface area (Å²) in [6.45, 7) is 1.57. The molecule has 0 fully saturated rings. The van der Waals surface area contributed by atoms with E-state index in [0.29, 0.717) is 32.7 Å². The van der Waals surface area contributed by atoms with Crippen LogP contribution in [0.2, 0.25) is 0 Å². The van der Waals surface area contributed by atoms with E-state index in [9.17, 15) is 9.50 Å². The van der Waals surface area contributed by atoms with Crippen molar-refractivity contribution < 1.29 is 9.50 Å². The van der Waals surface area contributed by atoms with Crippen LogP contribution in [0.15, 0.2) is 42.2 Å². The molecule has 8 heteroatoms. The van der Waals surface area contributed by atoms with Crippen molar-refractivity contribution in [1.82, 2.24) is 19.9 Å². The van der Waals surface area contributed by atoms with E-state index < -0.39 is 11.4 Å². The summed E-state index contributed by atoms with van der Waals surface area (Å²) in [5, 5.41) is 12.8. The van der Waals surface area contributed by atoms with Crippen molar-refractivity contribution in [2.24, 2.45) is 0 Å². The van der Waals surface area contributed by atoms with E-state index in [-0.39, 0.29) is 5.95 Å². The first-order valence-corrected chi connectivity index (χ1v) is 8.87. The number of nitrogens with two attached hydrogens (primary N) is 1. The number of aromatic nitrogens is 4. The highest BCUT2D eigenvalue weighted by Crippen LogP contribution is 2.30. The first kappa shape index (κ1) is 17.1. The molecule has 0 radical (unpaired) electrons. The molecular formula is C19H14FN5OS. The van der Waals surface area contributed by atoms with Gasteiger partial charge in [-0.2, -0.15) is 0 Å². The molecule has 4 N–H and O–H groups in total. The maximum Gasteiger partial charge on any atom is 0.220 e. The largest absolute Gasteiger partial charge is 0.371 e. The van der Waals surface area contributed by atoms with Gasteiger partial charge < -0.3 is 15.8 Å². The van der Waals surface area contributed by atoms with E-state index in [0.717, 1.165) is 0 Å². The average Bonchev–Trinajstić information content (AvgIpc) is 3.31. The molecule has 1 aromatic carbocycles. The highest BCUT2D eigenvalue weighted by atomic mass is 32.1. The molecule has 4 aromatic rings. The Morgan fingerprint density at radius 2 is 2.15 bits per heavy atom. The van der Waals surface area contributed by atoms with Gasteiger partial charge in [0.1, 0.15) is 16.3 Å². The van der Waals surface area contributed by atoms with Crippen LogP contribution in [0.5, 0.6) is 0 Å². The number of thiazole rings is 1. The van der Waals surface area contributed by atoms with Gasteiger partial charge in [0.25, 0.3) is 0 Å². The third-order valence-corrected chi connectivity index (χ3v) is 4.97. The van der Waals surface area contributed by atoms with Crippen LogP contribution >= 0.6 is 11.3 Å². The molecule has 0 aliphatic heterocycles. The quantitative estimate of drug-likeness (QED) is 0.465. The molecule has 27 heavy (non-hydrogen) atoms. The molecule has 1 atom stereocenters. The number of nitrogen functional groups attached to an aromatic ring is 1. The number of hydrogen-bond donors (Lipinski definition) is 3. The highest BCUT2D eigenvalue weighted by molar-refractivity contribution is 7.09. The number of fused-ring (bicyclic) bond motifs is 1. The number of H-pyrrole nitrogens is 1. The monoisotopic (exact) mass is 379 g/mol. The van der Waals surface area contributed by atoms with Crippen LogP contribution < -0.4 is 5.73 Å². The average molecular weight is 379 g/mol. The minimum Gasteiger partial charge on any atom is -0.371 e. The Bertz CT molecular complexity index is 1190. The molecule has 134 valence electrons. The molecule has 0 aliphatic carbocycles. The van der Waals surface area contributed by atoms with Gasteiger partial charge in [-0.3, -0.25) is 0 Å². The smallest absolute Gasteiger partial charge is 0.220 e. The van der Waals surface area contributed by atoms with Gasteiger partial charge in [0.2, 0.25) is 5.95 Å². The molecule has 3 heterocycles. The summed E-state index contributed by atoms with van der Waals surface area (Å²) in [5.41, 5.74) is 6.91. The van der Waals surface area contributed by atoms with Crippen LogP contribution in [0.1, 0.15) is 17.5 Å². The first-order valence-electron chi connectivity index (χ1n) is 7.99. The number of aliphatic hydroxyl groups is 1. The van der Waals surface area contributed by atoms with Crippen molar-refractivity contribution in [3.05, 3.63) is 58.6 Å². The van der Waals surface area contributed by atoms with E-state index in [1.54, 1.807) is 43.0 Å². The third kappa shape index (κ3) is 3.26. The van der Waals surface area contributed by atoms with Gasteiger partial charge in [0, 0.05) is 34.5 Å².